The third-order valence-corrected chi connectivity index (χ3v) is 2.21. The molecule has 4 N–H and O–H groups in total. The predicted octanol–water partition coefficient (Wildman–Crippen LogP) is -0.598. The normalized spacial score (nSPS) is 14.2. The Bertz CT molecular complexity index is 257. The maximum atomic E-state index is 11.4. The van der Waals surface area contributed by atoms with E-state index in [4.69, 9.17) is 14.9 Å². The second-order valence-corrected chi connectivity index (χ2v) is 4.01. The fourth-order valence-electron chi connectivity index (χ4n) is 1.08. The van der Waals surface area contributed by atoms with Gasteiger partial charge >= 0.3 is 12.0 Å². The summed E-state index contributed by atoms with van der Waals surface area (Å²) in [7, 11) is 1.53. The number of hydrogen-bond donors (Lipinski definition) is 4. The number of aliphatic hydroxyl groups excluding tert-OH is 1. The van der Waals surface area contributed by atoms with E-state index >= 15 is 0 Å². The predicted molar refractivity (Wildman–Crippen MR) is 60.7 cm³/mol. The molecule has 1 unspecified atom stereocenters. The molecule has 0 aromatic heterocycles. The fourth-order valence-corrected chi connectivity index (χ4v) is 1.08. The molecule has 100 valence electrons. The zero-order chi connectivity index (χ0) is 13.4. The quantitative estimate of drug-likeness (QED) is 0.481. The van der Waals surface area contributed by atoms with E-state index in [9.17, 15) is 9.59 Å². The van der Waals surface area contributed by atoms with Crippen LogP contribution in [-0.2, 0) is 9.53 Å². The molecule has 2 amide bonds. The Morgan fingerprint density at radius 1 is 1.35 bits per heavy atom. The molecule has 0 radical (unpaired) electrons. The van der Waals surface area contributed by atoms with Crippen molar-refractivity contribution in [2.24, 2.45) is 5.92 Å². The Morgan fingerprint density at radius 2 is 1.94 bits per heavy atom. The van der Waals surface area contributed by atoms with Gasteiger partial charge in [0.25, 0.3) is 0 Å². The highest BCUT2D eigenvalue weighted by Crippen LogP contribution is 2.01. The molecular formula is C10H20N2O5. The van der Waals surface area contributed by atoms with Crippen molar-refractivity contribution < 1.29 is 24.5 Å². The standard InChI is InChI=1S/C10H20N2O5/c1-6(2)7(5-17-3)12-10(16)11-4-8(13)9(14)15/h6-8,13H,4-5H2,1-3H3,(H,14,15)(H2,11,12,16)/t7?,8-/m0/s1. The van der Waals surface area contributed by atoms with Crippen LogP contribution in [0.15, 0.2) is 0 Å². The Kier molecular flexibility index (Phi) is 7.24. The highest BCUT2D eigenvalue weighted by Gasteiger charge is 2.18. The number of aliphatic hydroxyl groups is 1. The van der Waals surface area contributed by atoms with Gasteiger partial charge in [-0.05, 0) is 5.92 Å². The summed E-state index contributed by atoms with van der Waals surface area (Å²) in [4.78, 5) is 21.7. The van der Waals surface area contributed by atoms with E-state index in [1.165, 1.54) is 7.11 Å². The first-order chi connectivity index (χ1) is 7.88. The molecule has 2 atom stereocenters. The fraction of sp³-hybridized carbons (Fsp3) is 0.800. The minimum Gasteiger partial charge on any atom is -0.479 e. The summed E-state index contributed by atoms with van der Waals surface area (Å²) in [5.41, 5.74) is 0. The van der Waals surface area contributed by atoms with Gasteiger partial charge in [-0.3, -0.25) is 0 Å². The summed E-state index contributed by atoms with van der Waals surface area (Å²) in [6.07, 6.45) is -1.60. The highest BCUT2D eigenvalue weighted by molar-refractivity contribution is 5.76. The van der Waals surface area contributed by atoms with Crippen molar-refractivity contribution in [1.29, 1.82) is 0 Å². The van der Waals surface area contributed by atoms with Gasteiger partial charge in [0.2, 0.25) is 0 Å². The largest absolute Gasteiger partial charge is 0.479 e. The van der Waals surface area contributed by atoms with Crippen LogP contribution in [0.25, 0.3) is 0 Å². The van der Waals surface area contributed by atoms with Gasteiger partial charge < -0.3 is 25.6 Å². The Balaban J connectivity index is 4.02. The summed E-state index contributed by atoms with van der Waals surface area (Å²) >= 11 is 0. The molecule has 0 saturated carbocycles. The first-order valence-corrected chi connectivity index (χ1v) is 5.32. The number of urea groups is 1. The van der Waals surface area contributed by atoms with Crippen LogP contribution in [0.1, 0.15) is 13.8 Å². The number of aliphatic carboxylic acids is 1. The minimum absolute atomic E-state index is 0.165. The third-order valence-electron chi connectivity index (χ3n) is 2.21. The van der Waals surface area contributed by atoms with E-state index in [-0.39, 0.29) is 18.5 Å². The molecule has 7 heteroatoms. The lowest BCUT2D eigenvalue weighted by Crippen LogP contribution is -2.49. The number of ether oxygens (including phenoxy) is 1. The van der Waals surface area contributed by atoms with Crippen LogP contribution in [0.3, 0.4) is 0 Å². The van der Waals surface area contributed by atoms with Crippen LogP contribution in [0.4, 0.5) is 4.79 Å². The van der Waals surface area contributed by atoms with Crippen molar-refractivity contribution in [2.75, 3.05) is 20.3 Å². The lowest BCUT2D eigenvalue weighted by Gasteiger charge is -2.21. The molecule has 0 heterocycles. The number of nitrogens with one attached hydrogen (secondary N) is 2. The van der Waals surface area contributed by atoms with Crippen LogP contribution in [0, 0.1) is 5.92 Å². The molecule has 0 aromatic carbocycles. The van der Waals surface area contributed by atoms with Gasteiger partial charge in [0.1, 0.15) is 0 Å². The van der Waals surface area contributed by atoms with Crippen molar-refractivity contribution in [3.8, 4) is 0 Å². The highest BCUT2D eigenvalue weighted by atomic mass is 16.5. The summed E-state index contributed by atoms with van der Waals surface area (Å²) in [5, 5.41) is 22.3. The smallest absolute Gasteiger partial charge is 0.334 e. The SMILES string of the molecule is COCC(NC(=O)NC[C@H](O)C(=O)O)C(C)C. The van der Waals surface area contributed by atoms with Gasteiger partial charge in [0, 0.05) is 7.11 Å². The molecule has 0 aliphatic heterocycles. The number of amides is 2. The van der Waals surface area contributed by atoms with Crippen molar-refractivity contribution in [3.63, 3.8) is 0 Å². The molecule has 0 spiro atoms. The molecule has 0 rings (SSSR count). The minimum atomic E-state index is -1.60. The van der Waals surface area contributed by atoms with Crippen molar-refractivity contribution in [3.05, 3.63) is 0 Å². The third kappa shape index (κ3) is 6.75. The van der Waals surface area contributed by atoms with Crippen molar-refractivity contribution >= 4 is 12.0 Å². The van der Waals surface area contributed by atoms with E-state index in [1.54, 1.807) is 0 Å². The summed E-state index contributed by atoms with van der Waals surface area (Å²) in [5.74, 6) is -1.19. The number of methoxy groups -OCH3 is 1. The van der Waals surface area contributed by atoms with Gasteiger partial charge in [0.05, 0.1) is 19.2 Å². The Labute approximate surface area is 100 Å². The number of carbonyl (C=O) groups excluding carboxylic acids is 1. The van der Waals surface area contributed by atoms with Crippen molar-refractivity contribution in [1.82, 2.24) is 10.6 Å². The Morgan fingerprint density at radius 3 is 2.35 bits per heavy atom. The monoisotopic (exact) mass is 248 g/mol. The molecule has 17 heavy (non-hydrogen) atoms. The summed E-state index contributed by atoms with van der Waals surface area (Å²) < 4.78 is 4.94. The zero-order valence-corrected chi connectivity index (χ0v) is 10.3. The summed E-state index contributed by atoms with van der Waals surface area (Å²) in [6.45, 7) is 3.89. The van der Waals surface area contributed by atoms with Gasteiger partial charge in [-0.1, -0.05) is 13.8 Å². The average Bonchev–Trinajstić information content (AvgIpc) is 2.24. The van der Waals surface area contributed by atoms with E-state index in [2.05, 4.69) is 10.6 Å². The van der Waals surface area contributed by atoms with Gasteiger partial charge in [-0.2, -0.15) is 0 Å². The van der Waals surface area contributed by atoms with E-state index in [0.717, 1.165) is 0 Å². The van der Waals surface area contributed by atoms with E-state index in [1.807, 2.05) is 13.8 Å². The van der Waals surface area contributed by atoms with Crippen LogP contribution in [0.5, 0.6) is 0 Å². The molecule has 0 aromatic rings. The molecule has 0 aliphatic rings. The van der Waals surface area contributed by atoms with Crippen molar-refractivity contribution in [2.45, 2.75) is 26.0 Å². The first-order valence-electron chi connectivity index (χ1n) is 5.32. The number of hydrogen-bond acceptors (Lipinski definition) is 4. The van der Waals surface area contributed by atoms with Gasteiger partial charge in [-0.15, -0.1) is 0 Å². The number of rotatable bonds is 7. The Hall–Kier alpha value is -1.34. The molecule has 7 nitrogen and oxygen atoms in total. The lowest BCUT2D eigenvalue weighted by molar-refractivity contribution is -0.146. The zero-order valence-electron chi connectivity index (χ0n) is 10.3. The molecular weight excluding hydrogens is 228 g/mol. The molecule has 0 bridgehead atoms. The van der Waals surface area contributed by atoms with Gasteiger partial charge in [-0.25, -0.2) is 9.59 Å². The summed E-state index contributed by atoms with van der Waals surface area (Å²) in [6, 6.07) is -0.692. The van der Waals surface area contributed by atoms with Crippen LogP contribution >= 0.6 is 0 Å². The number of carboxylic acids is 1. The van der Waals surface area contributed by atoms with Crippen LogP contribution in [-0.4, -0.2) is 54.6 Å². The second kappa shape index (κ2) is 7.86. The maximum absolute atomic E-state index is 11.4. The molecule has 0 aliphatic carbocycles. The maximum Gasteiger partial charge on any atom is 0.334 e. The van der Waals surface area contributed by atoms with Crippen LogP contribution < -0.4 is 10.6 Å². The molecule has 0 saturated heterocycles. The average molecular weight is 248 g/mol. The molecule has 0 fully saturated rings. The second-order valence-electron chi connectivity index (χ2n) is 4.01. The van der Waals surface area contributed by atoms with Gasteiger partial charge in [0.15, 0.2) is 6.10 Å². The van der Waals surface area contributed by atoms with Crippen LogP contribution in [0.2, 0.25) is 0 Å². The number of carbonyl (C=O) groups is 2. The van der Waals surface area contributed by atoms with E-state index < -0.39 is 18.1 Å². The van der Waals surface area contributed by atoms with E-state index in [0.29, 0.717) is 6.61 Å². The number of carboxylic acid groups (broad SMARTS) is 1. The topological polar surface area (TPSA) is 108 Å². The lowest BCUT2D eigenvalue weighted by atomic mass is 10.1. The first kappa shape index (κ1) is 15.7.